The summed E-state index contributed by atoms with van der Waals surface area (Å²) < 4.78 is 0. The van der Waals surface area contributed by atoms with Crippen LogP contribution in [0, 0.1) is 6.92 Å². The van der Waals surface area contributed by atoms with Gasteiger partial charge in [0.2, 0.25) is 0 Å². The Labute approximate surface area is 80.6 Å². The Kier molecular flexibility index (Phi) is 3.29. The third kappa shape index (κ3) is 2.34. The van der Waals surface area contributed by atoms with Gasteiger partial charge in [-0.3, -0.25) is 4.98 Å². The van der Waals surface area contributed by atoms with Crippen LogP contribution in [0.4, 0.5) is 5.69 Å². The number of halogens is 1. The maximum atomic E-state index is 5.68. The van der Waals surface area contributed by atoms with Crippen molar-refractivity contribution in [2.45, 2.75) is 6.92 Å². The predicted molar refractivity (Wildman–Crippen MR) is 56.2 cm³/mol. The zero-order chi connectivity index (χ0) is 8.97. The van der Waals surface area contributed by atoms with Gasteiger partial charge in [0.15, 0.2) is 0 Å². The smallest absolute Gasteiger partial charge is 0.0602 e. The second kappa shape index (κ2) is 4.26. The zero-order valence-corrected chi connectivity index (χ0v) is 8.51. The molecule has 2 nitrogen and oxygen atoms in total. The van der Waals surface area contributed by atoms with Gasteiger partial charge in [0.05, 0.1) is 11.4 Å². The number of aryl methyl sites for hydroxylation is 1. The van der Waals surface area contributed by atoms with Crippen LogP contribution in [0.3, 0.4) is 0 Å². The van der Waals surface area contributed by atoms with E-state index < -0.39 is 0 Å². The lowest BCUT2D eigenvalue weighted by Crippen LogP contribution is -1.92. The van der Waals surface area contributed by atoms with E-state index in [9.17, 15) is 0 Å². The molecule has 0 unspecified atom stereocenters. The summed E-state index contributed by atoms with van der Waals surface area (Å²) in [4.78, 5) is 4.14. The summed E-state index contributed by atoms with van der Waals surface area (Å²) in [7, 11) is 0. The molecule has 0 saturated heterocycles. The lowest BCUT2D eigenvalue weighted by molar-refractivity contribution is 1.20. The molecule has 3 heteroatoms. The van der Waals surface area contributed by atoms with Gasteiger partial charge in [-0.15, -0.1) is 0 Å². The molecule has 0 radical (unpaired) electrons. The van der Waals surface area contributed by atoms with E-state index in [0.29, 0.717) is 0 Å². The van der Waals surface area contributed by atoms with Gasteiger partial charge < -0.3 is 5.73 Å². The lowest BCUT2D eigenvalue weighted by atomic mass is 10.2. The van der Waals surface area contributed by atoms with Crippen molar-refractivity contribution in [3.05, 3.63) is 29.6 Å². The Hall–Kier alpha value is -0.830. The first kappa shape index (κ1) is 9.26. The Bertz CT molecular complexity index is 295. The van der Waals surface area contributed by atoms with Crippen molar-refractivity contribution in [1.82, 2.24) is 4.98 Å². The van der Waals surface area contributed by atoms with Gasteiger partial charge in [-0.2, -0.15) is 0 Å². The molecule has 0 spiro atoms. The Morgan fingerprint density at radius 2 is 2.42 bits per heavy atom. The lowest BCUT2D eigenvalue weighted by Gasteiger charge is -1.98. The molecule has 64 valence electrons. The molecule has 0 saturated carbocycles. The SMILES string of the molecule is Cc1ncc(C=CCBr)cc1N. The van der Waals surface area contributed by atoms with E-state index >= 15 is 0 Å². The molecule has 1 rings (SSSR count). The van der Waals surface area contributed by atoms with Crippen molar-refractivity contribution in [2.24, 2.45) is 0 Å². The number of pyridine rings is 1. The molecule has 1 aromatic rings. The average molecular weight is 227 g/mol. The van der Waals surface area contributed by atoms with E-state index in [1.807, 2.05) is 31.3 Å². The highest BCUT2D eigenvalue weighted by Gasteiger charge is 1.93. The van der Waals surface area contributed by atoms with Crippen LogP contribution in [0.25, 0.3) is 6.08 Å². The van der Waals surface area contributed by atoms with Gasteiger partial charge in [0.25, 0.3) is 0 Å². The molecule has 0 aliphatic carbocycles. The molecule has 0 aliphatic heterocycles. The van der Waals surface area contributed by atoms with Gasteiger partial charge in [0.1, 0.15) is 0 Å². The summed E-state index contributed by atoms with van der Waals surface area (Å²) in [6.07, 6.45) is 5.80. The van der Waals surface area contributed by atoms with E-state index in [0.717, 1.165) is 22.3 Å². The van der Waals surface area contributed by atoms with Crippen LogP contribution < -0.4 is 5.73 Å². The minimum atomic E-state index is 0.742. The highest BCUT2D eigenvalue weighted by molar-refractivity contribution is 9.09. The number of nitrogens with two attached hydrogens (primary N) is 1. The van der Waals surface area contributed by atoms with Crippen molar-refractivity contribution >= 4 is 27.7 Å². The molecule has 0 amide bonds. The minimum absolute atomic E-state index is 0.742. The fraction of sp³-hybridized carbons (Fsp3) is 0.222. The summed E-state index contributed by atoms with van der Waals surface area (Å²) in [6.45, 7) is 1.90. The molecule has 0 bridgehead atoms. The number of alkyl halides is 1. The number of nitrogens with zero attached hydrogens (tertiary/aromatic N) is 1. The number of hydrogen-bond donors (Lipinski definition) is 1. The Morgan fingerprint density at radius 3 is 3.00 bits per heavy atom. The topological polar surface area (TPSA) is 38.9 Å². The summed E-state index contributed by atoms with van der Waals surface area (Å²) in [5.74, 6) is 0. The van der Waals surface area contributed by atoms with Gasteiger partial charge in [-0.25, -0.2) is 0 Å². The van der Waals surface area contributed by atoms with Crippen molar-refractivity contribution < 1.29 is 0 Å². The quantitative estimate of drug-likeness (QED) is 0.787. The van der Waals surface area contributed by atoms with Gasteiger partial charge >= 0.3 is 0 Å². The first-order valence-corrected chi connectivity index (χ1v) is 4.81. The van der Waals surface area contributed by atoms with Crippen LogP contribution in [0.1, 0.15) is 11.3 Å². The Morgan fingerprint density at radius 1 is 1.67 bits per heavy atom. The van der Waals surface area contributed by atoms with Crippen LogP contribution in [-0.4, -0.2) is 10.3 Å². The molecular formula is C9H11BrN2. The summed E-state index contributed by atoms with van der Waals surface area (Å²) in [5.41, 5.74) is 8.35. The highest BCUT2D eigenvalue weighted by atomic mass is 79.9. The van der Waals surface area contributed by atoms with E-state index in [2.05, 4.69) is 20.9 Å². The Balaban J connectivity index is 2.89. The first-order chi connectivity index (χ1) is 5.74. The third-order valence-electron chi connectivity index (χ3n) is 1.55. The van der Waals surface area contributed by atoms with Crippen LogP contribution in [0.15, 0.2) is 18.3 Å². The number of anilines is 1. The number of hydrogen-bond acceptors (Lipinski definition) is 2. The third-order valence-corrected chi connectivity index (χ3v) is 1.92. The summed E-state index contributed by atoms with van der Waals surface area (Å²) in [5, 5.41) is 0.848. The van der Waals surface area contributed by atoms with E-state index in [1.165, 1.54) is 0 Å². The maximum Gasteiger partial charge on any atom is 0.0602 e. The average Bonchev–Trinajstić information content (AvgIpc) is 2.07. The van der Waals surface area contributed by atoms with Crippen molar-refractivity contribution in [2.75, 3.05) is 11.1 Å². The highest BCUT2D eigenvalue weighted by Crippen LogP contribution is 2.10. The molecule has 0 atom stereocenters. The van der Waals surface area contributed by atoms with Gasteiger partial charge in [-0.1, -0.05) is 28.1 Å². The normalized spacial score (nSPS) is 10.8. The molecule has 2 N–H and O–H groups in total. The standard InChI is InChI=1S/C9H11BrN2/c1-7-9(11)5-8(6-12-7)3-2-4-10/h2-3,5-6H,4,11H2,1H3. The number of allylic oxidation sites excluding steroid dienone is 1. The molecule has 0 aromatic carbocycles. The maximum absolute atomic E-state index is 5.68. The first-order valence-electron chi connectivity index (χ1n) is 3.68. The molecule has 0 aliphatic rings. The molecule has 0 fully saturated rings. The number of rotatable bonds is 2. The fourth-order valence-electron chi connectivity index (χ4n) is 0.839. The number of aromatic nitrogens is 1. The summed E-state index contributed by atoms with van der Waals surface area (Å²) in [6, 6.07) is 1.92. The van der Waals surface area contributed by atoms with Crippen molar-refractivity contribution in [3.63, 3.8) is 0 Å². The second-order valence-corrected chi connectivity index (χ2v) is 3.15. The van der Waals surface area contributed by atoms with E-state index in [-0.39, 0.29) is 0 Å². The largest absolute Gasteiger partial charge is 0.397 e. The predicted octanol–water partition coefficient (Wildman–Crippen LogP) is 2.38. The zero-order valence-electron chi connectivity index (χ0n) is 6.92. The molecule has 12 heavy (non-hydrogen) atoms. The number of nitrogen functional groups attached to an aromatic ring is 1. The summed E-state index contributed by atoms with van der Waals surface area (Å²) >= 11 is 3.30. The van der Waals surface area contributed by atoms with Crippen LogP contribution in [-0.2, 0) is 0 Å². The van der Waals surface area contributed by atoms with Crippen molar-refractivity contribution in [3.8, 4) is 0 Å². The van der Waals surface area contributed by atoms with Crippen LogP contribution in [0.5, 0.6) is 0 Å². The minimum Gasteiger partial charge on any atom is -0.397 e. The fourth-order valence-corrected chi connectivity index (χ4v) is 1.03. The van der Waals surface area contributed by atoms with Gasteiger partial charge in [-0.05, 0) is 18.6 Å². The van der Waals surface area contributed by atoms with Crippen LogP contribution >= 0.6 is 15.9 Å². The second-order valence-electron chi connectivity index (χ2n) is 2.50. The molecular weight excluding hydrogens is 216 g/mol. The van der Waals surface area contributed by atoms with Crippen molar-refractivity contribution in [1.29, 1.82) is 0 Å². The van der Waals surface area contributed by atoms with E-state index in [4.69, 9.17) is 5.73 Å². The van der Waals surface area contributed by atoms with Gasteiger partial charge in [0, 0.05) is 11.5 Å². The van der Waals surface area contributed by atoms with Crippen LogP contribution in [0.2, 0.25) is 0 Å². The van der Waals surface area contributed by atoms with E-state index in [1.54, 1.807) is 0 Å². The molecule has 1 heterocycles. The monoisotopic (exact) mass is 226 g/mol. The molecule has 1 aromatic heterocycles.